The van der Waals surface area contributed by atoms with Gasteiger partial charge in [0.1, 0.15) is 0 Å². The Bertz CT molecular complexity index is 205. The predicted molar refractivity (Wildman–Crippen MR) is 49.1 cm³/mol. The zero-order chi connectivity index (χ0) is 8.32. The molecule has 0 radical (unpaired) electrons. The first kappa shape index (κ1) is 12.1. The normalized spacial score (nSPS) is 10.9. The van der Waals surface area contributed by atoms with Crippen molar-refractivity contribution in [3.8, 4) is 0 Å². The van der Waals surface area contributed by atoms with Crippen molar-refractivity contribution < 1.29 is 23.3 Å². The molecule has 4 heteroatoms. The Morgan fingerprint density at radius 1 is 1.42 bits per heavy atom. The van der Waals surface area contributed by atoms with E-state index in [1.807, 2.05) is 12.1 Å². The second-order valence-electron chi connectivity index (χ2n) is 3.57. The molecule has 0 aliphatic heterocycles. The van der Waals surface area contributed by atoms with Crippen molar-refractivity contribution in [3.05, 3.63) is 29.1 Å². The van der Waals surface area contributed by atoms with Crippen LogP contribution >= 0.6 is 0 Å². The van der Waals surface area contributed by atoms with Gasteiger partial charge in [0.2, 0.25) is 0 Å². The van der Waals surface area contributed by atoms with Gasteiger partial charge in [-0.15, -0.1) is 0 Å². The third-order valence-corrected chi connectivity index (χ3v) is 2.40. The Hall–Kier alpha value is 0.0543. The van der Waals surface area contributed by atoms with E-state index in [0.29, 0.717) is 0 Å². The molecule has 0 atom stereocenters. The molecule has 1 aromatic rings. The number of hydrogen-bond donors (Lipinski definition) is 0. The van der Waals surface area contributed by atoms with Crippen LogP contribution in [0.4, 0.5) is 0 Å². The van der Waals surface area contributed by atoms with E-state index in [9.17, 15) is 0 Å². The summed E-state index contributed by atoms with van der Waals surface area (Å²) >= 11 is 0. The van der Waals surface area contributed by atoms with Crippen LogP contribution in [0.2, 0.25) is 19.6 Å². The third kappa shape index (κ3) is 4.84. The standard InChI is InChI=1S/C8H14NOSi.Li/c1-11(2,3)9-7-8-5-4-6-10-8;/h4-6H,7H2,1-3H3;/q-1;+1. The van der Waals surface area contributed by atoms with Gasteiger partial charge >= 0.3 is 18.9 Å². The summed E-state index contributed by atoms with van der Waals surface area (Å²) in [5.41, 5.74) is 0. The van der Waals surface area contributed by atoms with E-state index in [0.717, 1.165) is 12.3 Å². The zero-order valence-corrected chi connectivity index (χ0v) is 9.29. The largest absolute Gasteiger partial charge is 1.00 e. The number of rotatable bonds is 3. The smallest absolute Gasteiger partial charge is 0.659 e. The van der Waals surface area contributed by atoms with Gasteiger partial charge < -0.3 is 9.40 Å². The van der Waals surface area contributed by atoms with Crippen molar-refractivity contribution in [1.82, 2.24) is 0 Å². The van der Waals surface area contributed by atoms with Crippen LogP contribution in [0, 0.1) is 0 Å². The molecule has 0 aromatic carbocycles. The van der Waals surface area contributed by atoms with Gasteiger partial charge in [0.05, 0.1) is 12.0 Å². The van der Waals surface area contributed by atoms with Gasteiger partial charge in [-0.25, -0.2) is 0 Å². The van der Waals surface area contributed by atoms with Crippen LogP contribution in [0.15, 0.2) is 22.8 Å². The SMILES string of the molecule is C[Si](C)(C)[N-]Cc1ccco1.[Li+]. The quantitative estimate of drug-likeness (QED) is 0.594. The van der Waals surface area contributed by atoms with E-state index in [2.05, 4.69) is 24.6 Å². The number of hydrogen-bond acceptors (Lipinski definition) is 1. The predicted octanol–water partition coefficient (Wildman–Crippen LogP) is -0.00780. The Morgan fingerprint density at radius 2 is 2.08 bits per heavy atom. The van der Waals surface area contributed by atoms with E-state index < -0.39 is 8.24 Å². The second kappa shape index (κ2) is 4.93. The third-order valence-electron chi connectivity index (χ3n) is 1.29. The molecule has 1 heterocycles. The van der Waals surface area contributed by atoms with Crippen molar-refractivity contribution in [2.75, 3.05) is 0 Å². The van der Waals surface area contributed by atoms with Crippen LogP contribution in [0.25, 0.3) is 4.98 Å². The van der Waals surface area contributed by atoms with Crippen molar-refractivity contribution in [2.45, 2.75) is 26.2 Å². The fourth-order valence-electron chi connectivity index (χ4n) is 0.718. The Balaban J connectivity index is 0.00000121. The molecule has 0 bridgehead atoms. The number of furan rings is 1. The van der Waals surface area contributed by atoms with Crippen LogP contribution in [0.5, 0.6) is 0 Å². The summed E-state index contributed by atoms with van der Waals surface area (Å²) < 4.78 is 5.16. The number of nitrogens with zero attached hydrogens (tertiary/aromatic N) is 1. The molecule has 12 heavy (non-hydrogen) atoms. The maximum absolute atomic E-state index is 5.16. The van der Waals surface area contributed by atoms with E-state index in [4.69, 9.17) is 4.42 Å². The van der Waals surface area contributed by atoms with E-state index in [1.165, 1.54) is 0 Å². The Kier molecular flexibility index (Phi) is 4.95. The van der Waals surface area contributed by atoms with Gasteiger partial charge in [-0.1, -0.05) is 34.4 Å². The van der Waals surface area contributed by atoms with Crippen molar-refractivity contribution >= 4 is 8.24 Å². The summed E-state index contributed by atoms with van der Waals surface area (Å²) in [4.78, 5) is 4.54. The second-order valence-corrected chi connectivity index (χ2v) is 8.22. The molecule has 0 fully saturated rings. The first-order chi connectivity index (χ1) is 5.08. The average Bonchev–Trinajstić information content (AvgIpc) is 2.32. The van der Waals surface area contributed by atoms with Gasteiger partial charge in [-0.2, -0.15) is 0 Å². The molecule has 0 aliphatic carbocycles. The van der Waals surface area contributed by atoms with Crippen LogP contribution in [-0.4, -0.2) is 8.24 Å². The summed E-state index contributed by atoms with van der Waals surface area (Å²) in [6.07, 6.45) is 1.69. The van der Waals surface area contributed by atoms with Gasteiger partial charge in [0.25, 0.3) is 0 Å². The molecule has 0 amide bonds. The van der Waals surface area contributed by atoms with Gasteiger partial charge in [-0.05, 0) is 12.1 Å². The van der Waals surface area contributed by atoms with E-state index in [1.54, 1.807) is 6.26 Å². The average molecular weight is 175 g/mol. The van der Waals surface area contributed by atoms with E-state index in [-0.39, 0.29) is 18.9 Å². The molecule has 0 N–H and O–H groups in total. The van der Waals surface area contributed by atoms with Crippen LogP contribution in [-0.2, 0) is 6.54 Å². The van der Waals surface area contributed by atoms with Gasteiger partial charge in [0, 0.05) is 0 Å². The fraction of sp³-hybridized carbons (Fsp3) is 0.500. The molecule has 1 aromatic heterocycles. The zero-order valence-electron chi connectivity index (χ0n) is 8.29. The molecule has 0 aliphatic rings. The summed E-state index contributed by atoms with van der Waals surface area (Å²) in [6, 6.07) is 3.86. The maximum atomic E-state index is 5.16. The molecule has 1 rings (SSSR count). The molecular formula is C8H14LiNOSi. The molecule has 62 valence electrons. The van der Waals surface area contributed by atoms with E-state index >= 15 is 0 Å². The summed E-state index contributed by atoms with van der Waals surface area (Å²) in [6.45, 7) is 7.39. The topological polar surface area (TPSA) is 27.2 Å². The minimum absolute atomic E-state index is 0. The first-order valence-electron chi connectivity index (χ1n) is 3.79. The summed E-state index contributed by atoms with van der Waals surface area (Å²) in [5, 5.41) is 0. The monoisotopic (exact) mass is 175 g/mol. The summed E-state index contributed by atoms with van der Waals surface area (Å²) in [7, 11) is -1.25. The molecule has 0 unspecified atom stereocenters. The van der Waals surface area contributed by atoms with Crippen LogP contribution in [0.1, 0.15) is 5.76 Å². The minimum Gasteiger partial charge on any atom is -0.659 e. The molecular weight excluding hydrogens is 161 g/mol. The summed E-state index contributed by atoms with van der Waals surface area (Å²) in [5.74, 6) is 0.965. The van der Waals surface area contributed by atoms with Gasteiger partial charge in [0.15, 0.2) is 0 Å². The Morgan fingerprint density at radius 3 is 2.50 bits per heavy atom. The van der Waals surface area contributed by atoms with Crippen molar-refractivity contribution in [3.63, 3.8) is 0 Å². The molecule has 0 saturated heterocycles. The maximum Gasteiger partial charge on any atom is 1.00 e. The van der Waals surface area contributed by atoms with Crippen molar-refractivity contribution in [2.24, 2.45) is 0 Å². The molecule has 0 spiro atoms. The fourth-order valence-corrected chi connectivity index (χ4v) is 1.35. The van der Waals surface area contributed by atoms with Crippen molar-refractivity contribution in [1.29, 1.82) is 0 Å². The van der Waals surface area contributed by atoms with Crippen LogP contribution < -0.4 is 18.9 Å². The van der Waals surface area contributed by atoms with Gasteiger partial charge in [-0.3, -0.25) is 0 Å². The first-order valence-corrected chi connectivity index (χ1v) is 7.24. The molecule has 0 saturated carbocycles. The Labute approximate surface area is 87.0 Å². The van der Waals surface area contributed by atoms with Crippen LogP contribution in [0.3, 0.4) is 0 Å². The minimum atomic E-state index is -1.25. The molecule has 2 nitrogen and oxygen atoms in total.